The first kappa shape index (κ1) is 159. The third-order valence-corrected chi connectivity index (χ3v) is 11.4. The van der Waals surface area contributed by atoms with Gasteiger partial charge in [0.25, 0.3) is 0 Å². The lowest BCUT2D eigenvalue weighted by Crippen LogP contribution is -2.05. The lowest BCUT2D eigenvalue weighted by atomic mass is 10.4. The number of aliphatic imine (C=N–C) groups is 3. The van der Waals surface area contributed by atoms with E-state index >= 15 is 0 Å². The largest absolute Gasteiger partial charge is 0.482 e. The molecule has 11 rings (SSSR count). The number of ether oxygens (including phenoxy) is 5. The first-order valence-corrected chi connectivity index (χ1v) is 46.3. The van der Waals surface area contributed by atoms with Gasteiger partial charge in [0.05, 0.1) is 51.5 Å². The lowest BCUT2D eigenvalue weighted by Gasteiger charge is -1.76. The van der Waals surface area contributed by atoms with Gasteiger partial charge in [-0.1, -0.05) is 310 Å². The van der Waals surface area contributed by atoms with Gasteiger partial charge in [-0.3, -0.25) is 20.3 Å². The van der Waals surface area contributed by atoms with Gasteiger partial charge in [-0.05, 0) is 63.1 Å². The number of hydrazone groups is 1. The van der Waals surface area contributed by atoms with E-state index < -0.39 is 0 Å². The van der Waals surface area contributed by atoms with Crippen LogP contribution in [0.3, 0.4) is 0 Å². The van der Waals surface area contributed by atoms with E-state index in [1.54, 1.807) is 24.3 Å². The molecule has 0 aromatic heterocycles. The van der Waals surface area contributed by atoms with Crippen molar-refractivity contribution in [1.29, 1.82) is 0 Å². The summed E-state index contributed by atoms with van der Waals surface area (Å²) in [5.41, 5.74) is 4.69. The molecule has 99 heavy (non-hydrogen) atoms. The van der Waals surface area contributed by atoms with Gasteiger partial charge in [0, 0.05) is 87.0 Å². The standard InChI is InChI=1S/C4H9N.C4H8O.C4H8S.2C3H6N2.C3H7NO.2C3H5NO.C3H5NS.C3H6O2.C3H6S2.22C2H6/c3*1-2-4-5-3-1;1-2-5-3-4-1;1-2-4-5-3-1;2*1-2-5-3-4-1;1-2-4-5-3-1;3*1-2-5-3-4-1;22*1-2/h5H,1-4H2;2*1-4H2;3H,1-2H2,(H,4,5);2,5H,1,3H2;4H,1-3H2;3H,1-2H2;2H,1,3H2;3H,1-2H2;2*1-3H2;22*1-2H3. The smallest absolute Gasteiger partial charge is 0.169 e. The number of hydrogen-bond acceptors (Lipinski definition) is 19. The molecule has 0 saturated carbocycles. The van der Waals surface area contributed by atoms with Gasteiger partial charge >= 0.3 is 0 Å². The predicted molar refractivity (Wildman–Crippen MR) is 490 cm³/mol. The molecule has 6 saturated heterocycles. The average molecular weight is 1520 g/mol. The van der Waals surface area contributed by atoms with Crippen molar-refractivity contribution < 1.29 is 28.5 Å². The maximum absolute atomic E-state index is 4.94. The molecule has 0 aliphatic carbocycles. The zero-order chi connectivity index (χ0) is 82.9. The molecule has 0 bridgehead atoms. The minimum absolute atomic E-state index is 0.500. The van der Waals surface area contributed by atoms with Crippen LogP contribution in [0, 0.1) is 0 Å². The fraction of sp³-hybridized carbons (Fsp3) is 0.938. The van der Waals surface area contributed by atoms with Crippen molar-refractivity contribution >= 4 is 77.8 Å². The van der Waals surface area contributed by atoms with Gasteiger partial charge in [0.2, 0.25) is 0 Å². The molecule has 11 heterocycles. The zero-order valence-electron chi connectivity index (χ0n) is 77.1. The van der Waals surface area contributed by atoms with Gasteiger partial charge in [-0.15, -0.1) is 11.8 Å². The van der Waals surface area contributed by atoms with Crippen LogP contribution in [0.4, 0.5) is 0 Å². The summed E-state index contributed by atoms with van der Waals surface area (Å²) in [5, 5.41) is 17.7. The summed E-state index contributed by atoms with van der Waals surface area (Å²) in [6, 6.07) is 0. The van der Waals surface area contributed by atoms with Crippen LogP contribution in [0.15, 0.2) is 25.2 Å². The highest BCUT2D eigenvalue weighted by Gasteiger charge is 1.97. The normalized spacial score (nSPS) is 13.5. The van der Waals surface area contributed by atoms with E-state index in [0.29, 0.717) is 6.79 Å². The Balaban J connectivity index is -0.0000000313. The molecule has 0 aromatic rings. The van der Waals surface area contributed by atoms with E-state index in [1.807, 2.05) is 340 Å². The molecule has 19 heteroatoms. The third kappa shape index (κ3) is 301. The molecule has 6 fully saturated rings. The lowest BCUT2D eigenvalue weighted by molar-refractivity contribution is 0.0692. The fourth-order valence-corrected chi connectivity index (χ4v) is 7.94. The van der Waals surface area contributed by atoms with Crippen molar-refractivity contribution in [2.24, 2.45) is 25.2 Å². The molecule has 11 aliphatic heterocycles. The number of nitrogens with one attached hydrogen (secondary N) is 4. The van der Waals surface area contributed by atoms with Crippen LogP contribution in [-0.4, -0.2) is 177 Å². The van der Waals surface area contributed by atoms with Crippen molar-refractivity contribution in [2.45, 2.75) is 356 Å². The molecule has 0 radical (unpaired) electrons. The van der Waals surface area contributed by atoms with Crippen molar-refractivity contribution in [1.82, 2.24) is 21.4 Å². The Hall–Kier alpha value is -1.29. The van der Waals surface area contributed by atoms with E-state index in [0.717, 1.165) is 105 Å². The molecule has 0 aromatic carbocycles. The van der Waals surface area contributed by atoms with Crippen molar-refractivity contribution in [3.8, 4) is 0 Å². The molecule has 0 atom stereocenters. The Morgan fingerprint density at radius 1 is 0.323 bits per heavy atom. The maximum atomic E-state index is 4.94. The van der Waals surface area contributed by atoms with E-state index in [9.17, 15) is 0 Å². The van der Waals surface area contributed by atoms with E-state index in [-0.39, 0.29) is 0 Å². The van der Waals surface area contributed by atoms with Gasteiger partial charge in [-0.25, -0.2) is 0 Å². The Morgan fingerprint density at radius 3 is 0.889 bits per heavy atom. The summed E-state index contributed by atoms with van der Waals surface area (Å²) in [7, 11) is 0. The number of thioether (sulfide) groups is 4. The molecule has 0 unspecified atom stereocenters. The van der Waals surface area contributed by atoms with Gasteiger partial charge in [0.15, 0.2) is 6.40 Å². The summed E-state index contributed by atoms with van der Waals surface area (Å²) >= 11 is 7.93. The van der Waals surface area contributed by atoms with Crippen LogP contribution < -0.4 is 21.4 Å². The third-order valence-electron chi connectivity index (χ3n) is 6.91. The molecule has 0 spiro atoms. The number of oxime groups is 1. The summed E-state index contributed by atoms with van der Waals surface area (Å²) in [4.78, 5) is 16.0. The highest BCUT2D eigenvalue weighted by atomic mass is 32.2. The molecule has 628 valence electrons. The van der Waals surface area contributed by atoms with Crippen molar-refractivity contribution in [3.05, 3.63) is 0 Å². The predicted octanol–water partition coefficient (Wildman–Crippen LogP) is 27.0. The fourth-order valence-electron chi connectivity index (χ4n) is 4.03. The number of hydrogen-bond donors (Lipinski definition) is 4. The quantitative estimate of drug-likeness (QED) is 0.181. The summed E-state index contributed by atoms with van der Waals surface area (Å²) in [6.45, 7) is 104. The van der Waals surface area contributed by atoms with Crippen LogP contribution >= 0.6 is 47.0 Å². The summed E-state index contributed by atoms with van der Waals surface area (Å²) in [6.07, 6.45) is 17.2. The summed E-state index contributed by atoms with van der Waals surface area (Å²) < 4.78 is 23.9. The zero-order valence-corrected chi connectivity index (χ0v) is 80.4. The first-order chi connectivity index (χ1) is 49.5. The molecule has 4 N–H and O–H groups in total. The Bertz CT molecular complexity index is 667. The highest BCUT2D eigenvalue weighted by molar-refractivity contribution is 8.19. The van der Waals surface area contributed by atoms with Crippen LogP contribution in [0.5, 0.6) is 0 Å². The van der Waals surface area contributed by atoms with Gasteiger partial charge in [0.1, 0.15) is 20.0 Å². The maximum Gasteiger partial charge on any atom is 0.169 e. The van der Waals surface area contributed by atoms with E-state index in [4.69, 9.17) is 18.9 Å². The van der Waals surface area contributed by atoms with E-state index in [1.165, 1.54) is 91.9 Å². The minimum atomic E-state index is 0.500. The number of rotatable bonds is 0. The van der Waals surface area contributed by atoms with Crippen LogP contribution in [0.2, 0.25) is 0 Å². The Kier molecular flexibility index (Phi) is 495. The van der Waals surface area contributed by atoms with Crippen molar-refractivity contribution in [3.63, 3.8) is 0 Å². The molecular formula is C80H203N9O6S4. The average Bonchev–Trinajstić information content (AvgIpc) is 4.57. The molecule has 0 amide bonds. The summed E-state index contributed by atoms with van der Waals surface area (Å²) in [5.74, 6) is 6.79. The second-order valence-electron chi connectivity index (χ2n) is 11.7. The monoisotopic (exact) mass is 1510 g/mol. The second kappa shape index (κ2) is 307. The van der Waals surface area contributed by atoms with Crippen LogP contribution in [0.1, 0.15) is 356 Å². The SMILES string of the molecule is C1=NCCN1.C1=NCCO1.C1=NCCS1.C1=NNCC1.C1=NOCC1.C1CCNC1.C1CCOC1.C1CCSC1.C1COCN1.C1COCO1.C1CSCS1.CC.CC.CC.CC.CC.CC.CC.CC.CC.CC.CC.CC.CC.CC.CC.CC.CC.CC.CC.CC.CC.CC. The van der Waals surface area contributed by atoms with Gasteiger partial charge < -0.3 is 44.6 Å². The van der Waals surface area contributed by atoms with Crippen LogP contribution in [-0.2, 0) is 28.5 Å². The first-order valence-electron chi connectivity index (χ1n) is 41.8. The second-order valence-corrected chi connectivity index (χ2v) is 16.4. The Morgan fingerprint density at radius 2 is 0.778 bits per heavy atom. The van der Waals surface area contributed by atoms with E-state index in [2.05, 4.69) is 67.9 Å². The molecular weight excluding hydrogens is 1310 g/mol. The van der Waals surface area contributed by atoms with Gasteiger partial charge in [-0.2, -0.15) is 40.4 Å². The topological polar surface area (TPSA) is 165 Å². The molecule has 11 aliphatic rings. The molecule has 15 nitrogen and oxygen atoms in total. The highest BCUT2D eigenvalue weighted by Crippen LogP contribution is 2.20. The van der Waals surface area contributed by atoms with Crippen LogP contribution in [0.25, 0.3) is 0 Å². The van der Waals surface area contributed by atoms with Crippen molar-refractivity contribution in [2.75, 3.05) is 146 Å². The Labute approximate surface area is 650 Å². The minimum Gasteiger partial charge on any atom is -0.482 e. The number of nitrogens with zero attached hydrogens (tertiary/aromatic N) is 5.